The number of nitrogens with zero attached hydrogens (tertiary/aromatic N) is 1. The fourth-order valence-corrected chi connectivity index (χ4v) is 4.28. The Kier molecular flexibility index (Phi) is 4.80. The van der Waals surface area contributed by atoms with E-state index in [1.165, 1.54) is 12.1 Å². The summed E-state index contributed by atoms with van der Waals surface area (Å²) >= 11 is 5.99. The third-order valence-corrected chi connectivity index (χ3v) is 5.56. The zero-order valence-electron chi connectivity index (χ0n) is 12.9. The number of halogens is 1. The Morgan fingerprint density at radius 1 is 1.12 bits per heavy atom. The van der Waals surface area contributed by atoms with Crippen molar-refractivity contribution < 1.29 is 23.1 Å². The van der Waals surface area contributed by atoms with Gasteiger partial charge in [-0.2, -0.15) is 0 Å². The minimum absolute atomic E-state index is 0.127. The minimum atomic E-state index is -3.87. The Bertz CT molecular complexity index is 1030. The molecule has 0 amide bonds. The van der Waals surface area contributed by atoms with E-state index in [0.29, 0.717) is 21.6 Å². The third kappa shape index (κ3) is 3.53. The molecular formula is C17H14ClNO5S. The van der Waals surface area contributed by atoms with Crippen LogP contribution in [0, 0.1) is 0 Å². The minimum Gasteiger partial charge on any atom is -0.480 e. The number of carboxylic acid groups (broad SMARTS) is 1. The maximum absolute atomic E-state index is 13.1. The van der Waals surface area contributed by atoms with Crippen molar-refractivity contribution in [3.05, 3.63) is 65.3 Å². The van der Waals surface area contributed by atoms with Gasteiger partial charge in [-0.3, -0.25) is 0 Å². The Morgan fingerprint density at radius 3 is 2.52 bits per heavy atom. The van der Waals surface area contributed by atoms with Crippen molar-refractivity contribution in [2.45, 2.75) is 11.5 Å². The lowest BCUT2D eigenvalue weighted by Crippen LogP contribution is -2.17. The van der Waals surface area contributed by atoms with Gasteiger partial charge in [-0.15, -0.1) is 0 Å². The van der Waals surface area contributed by atoms with E-state index in [0.717, 1.165) is 3.97 Å². The topological polar surface area (TPSA) is 85.6 Å². The summed E-state index contributed by atoms with van der Waals surface area (Å²) in [5.41, 5.74) is 0.768. The number of benzene rings is 2. The Morgan fingerprint density at radius 2 is 1.84 bits per heavy atom. The van der Waals surface area contributed by atoms with Crippen LogP contribution < -0.4 is 0 Å². The number of fused-ring (bicyclic) bond motifs is 1. The summed E-state index contributed by atoms with van der Waals surface area (Å²) < 4.78 is 32.4. The molecule has 0 aliphatic heterocycles. The average molecular weight is 380 g/mol. The van der Waals surface area contributed by atoms with Gasteiger partial charge < -0.3 is 9.84 Å². The summed E-state index contributed by atoms with van der Waals surface area (Å²) in [6.45, 7) is -0.682. The van der Waals surface area contributed by atoms with Crippen LogP contribution in [-0.4, -0.2) is 30.1 Å². The van der Waals surface area contributed by atoms with Crippen LogP contribution >= 0.6 is 11.6 Å². The van der Waals surface area contributed by atoms with Gasteiger partial charge in [0.05, 0.1) is 22.7 Å². The molecule has 130 valence electrons. The van der Waals surface area contributed by atoms with Gasteiger partial charge in [-0.05, 0) is 36.4 Å². The lowest BCUT2D eigenvalue weighted by atomic mass is 10.2. The number of carboxylic acids is 1. The van der Waals surface area contributed by atoms with E-state index >= 15 is 0 Å². The van der Waals surface area contributed by atoms with Gasteiger partial charge in [0.15, 0.2) is 0 Å². The van der Waals surface area contributed by atoms with Gasteiger partial charge in [-0.25, -0.2) is 17.2 Å². The molecule has 3 aromatic rings. The summed E-state index contributed by atoms with van der Waals surface area (Å²) in [6, 6.07) is 14.5. The van der Waals surface area contributed by atoms with E-state index in [1.807, 2.05) is 0 Å². The highest BCUT2D eigenvalue weighted by Gasteiger charge is 2.23. The fraction of sp³-hybridized carbons (Fsp3) is 0.118. The Balaban J connectivity index is 2.15. The zero-order valence-corrected chi connectivity index (χ0v) is 14.5. The van der Waals surface area contributed by atoms with Gasteiger partial charge in [0, 0.05) is 10.4 Å². The molecule has 3 rings (SSSR count). The first-order chi connectivity index (χ1) is 11.9. The predicted molar refractivity (Wildman–Crippen MR) is 93.3 cm³/mol. The third-order valence-electron chi connectivity index (χ3n) is 3.55. The molecule has 0 fully saturated rings. The second-order valence-electron chi connectivity index (χ2n) is 5.31. The lowest BCUT2D eigenvalue weighted by molar-refractivity contribution is -0.142. The molecule has 0 spiro atoms. The van der Waals surface area contributed by atoms with Crippen molar-refractivity contribution in [3.8, 4) is 0 Å². The summed E-state index contributed by atoms with van der Waals surface area (Å²) in [7, 11) is -3.87. The summed E-state index contributed by atoms with van der Waals surface area (Å²) in [5.74, 6) is -1.13. The largest absolute Gasteiger partial charge is 0.480 e. The van der Waals surface area contributed by atoms with E-state index in [9.17, 15) is 13.2 Å². The number of hydrogen-bond acceptors (Lipinski definition) is 4. The molecule has 0 saturated carbocycles. The van der Waals surface area contributed by atoms with E-state index in [-0.39, 0.29) is 11.5 Å². The Hall–Kier alpha value is -2.35. The molecule has 0 atom stereocenters. The second kappa shape index (κ2) is 6.87. The standard InChI is InChI=1S/C17H14ClNO5S/c18-13-6-7-16-12(8-13)9-14(10-24-11-17(20)21)19(16)25(22,23)15-4-2-1-3-5-15/h1-9H,10-11H2,(H,20,21). The number of aromatic nitrogens is 1. The molecule has 1 aromatic heterocycles. The van der Waals surface area contributed by atoms with Crippen LogP contribution in [-0.2, 0) is 26.2 Å². The number of aliphatic carboxylic acids is 1. The van der Waals surface area contributed by atoms with E-state index in [2.05, 4.69) is 0 Å². The molecule has 1 N–H and O–H groups in total. The molecular weight excluding hydrogens is 366 g/mol. The maximum Gasteiger partial charge on any atom is 0.329 e. The molecule has 8 heteroatoms. The SMILES string of the molecule is O=C(O)COCc1cc2cc(Cl)ccc2n1S(=O)(=O)c1ccccc1. The van der Waals surface area contributed by atoms with Gasteiger partial charge in [0.2, 0.25) is 0 Å². The monoisotopic (exact) mass is 379 g/mol. The molecule has 25 heavy (non-hydrogen) atoms. The van der Waals surface area contributed by atoms with Crippen LogP contribution in [0.1, 0.15) is 5.69 Å². The van der Waals surface area contributed by atoms with Crippen molar-refractivity contribution in [2.24, 2.45) is 0 Å². The number of hydrogen-bond donors (Lipinski definition) is 1. The highest BCUT2D eigenvalue weighted by atomic mass is 35.5. The summed E-state index contributed by atoms with van der Waals surface area (Å²) in [6.07, 6.45) is 0. The van der Waals surface area contributed by atoms with Crippen molar-refractivity contribution in [1.29, 1.82) is 0 Å². The maximum atomic E-state index is 13.1. The lowest BCUT2D eigenvalue weighted by Gasteiger charge is -2.12. The van der Waals surface area contributed by atoms with Gasteiger partial charge in [-0.1, -0.05) is 29.8 Å². The molecule has 0 saturated heterocycles. The molecule has 1 heterocycles. The van der Waals surface area contributed by atoms with Gasteiger partial charge in [0.25, 0.3) is 10.0 Å². The first kappa shape index (κ1) is 17.5. The van der Waals surface area contributed by atoms with Crippen LogP contribution in [0.3, 0.4) is 0 Å². The fourth-order valence-electron chi connectivity index (χ4n) is 2.54. The molecule has 0 aliphatic rings. The number of carbonyl (C=O) groups is 1. The second-order valence-corrected chi connectivity index (χ2v) is 7.53. The van der Waals surface area contributed by atoms with Crippen molar-refractivity contribution in [2.75, 3.05) is 6.61 Å². The molecule has 0 aliphatic carbocycles. The smallest absolute Gasteiger partial charge is 0.329 e. The van der Waals surface area contributed by atoms with Crippen molar-refractivity contribution >= 4 is 38.5 Å². The predicted octanol–water partition coefficient (Wildman–Crippen LogP) is 3.13. The van der Waals surface area contributed by atoms with Crippen LogP contribution in [0.15, 0.2) is 59.5 Å². The van der Waals surface area contributed by atoms with E-state index in [1.54, 1.807) is 42.5 Å². The Labute approximate surface area is 149 Å². The summed E-state index contributed by atoms with van der Waals surface area (Å²) in [5, 5.41) is 9.81. The molecule has 6 nitrogen and oxygen atoms in total. The highest BCUT2D eigenvalue weighted by Crippen LogP contribution is 2.28. The van der Waals surface area contributed by atoms with Crippen molar-refractivity contribution in [1.82, 2.24) is 3.97 Å². The van der Waals surface area contributed by atoms with Crippen LogP contribution in [0.2, 0.25) is 5.02 Å². The van der Waals surface area contributed by atoms with Crippen molar-refractivity contribution in [3.63, 3.8) is 0 Å². The van der Waals surface area contributed by atoms with Crippen LogP contribution in [0.5, 0.6) is 0 Å². The number of ether oxygens (including phenoxy) is 1. The van der Waals surface area contributed by atoms with Crippen LogP contribution in [0.25, 0.3) is 10.9 Å². The highest BCUT2D eigenvalue weighted by molar-refractivity contribution is 7.90. The molecule has 0 bridgehead atoms. The summed E-state index contributed by atoms with van der Waals surface area (Å²) in [4.78, 5) is 10.8. The van der Waals surface area contributed by atoms with Crippen LogP contribution in [0.4, 0.5) is 0 Å². The quantitative estimate of drug-likeness (QED) is 0.711. The molecule has 2 aromatic carbocycles. The normalized spacial score (nSPS) is 11.7. The first-order valence-electron chi connectivity index (χ1n) is 7.29. The van der Waals surface area contributed by atoms with E-state index in [4.69, 9.17) is 21.4 Å². The number of rotatable bonds is 6. The zero-order chi connectivity index (χ0) is 18.0. The first-order valence-corrected chi connectivity index (χ1v) is 9.11. The average Bonchev–Trinajstić information content (AvgIpc) is 2.93. The van der Waals surface area contributed by atoms with Gasteiger partial charge >= 0.3 is 5.97 Å². The molecule has 0 unspecified atom stereocenters. The van der Waals surface area contributed by atoms with Gasteiger partial charge in [0.1, 0.15) is 6.61 Å². The van der Waals surface area contributed by atoms with E-state index < -0.39 is 22.6 Å². The molecule has 0 radical (unpaired) electrons.